The summed E-state index contributed by atoms with van der Waals surface area (Å²) in [6.45, 7) is 2.90. The Morgan fingerprint density at radius 2 is 1.71 bits per heavy atom. The Morgan fingerprint density at radius 3 is 2.26 bits per heavy atom. The van der Waals surface area contributed by atoms with E-state index < -0.39 is 28.5 Å². The Balaban J connectivity index is 2.42. The Morgan fingerprint density at radius 1 is 1.10 bits per heavy atom. The lowest BCUT2D eigenvalue weighted by Crippen LogP contribution is -2.50. The summed E-state index contributed by atoms with van der Waals surface area (Å²) in [5.74, 6) is -0.900. The van der Waals surface area contributed by atoms with E-state index >= 15 is 0 Å². The second-order valence-corrected chi connectivity index (χ2v) is 9.84. The zero-order valence-electron chi connectivity index (χ0n) is 17.7. The number of hydrogen-bond acceptors (Lipinski definition) is 4. The van der Waals surface area contributed by atoms with E-state index in [-0.39, 0.29) is 12.5 Å². The van der Waals surface area contributed by atoms with Gasteiger partial charge in [0.2, 0.25) is 21.8 Å². The van der Waals surface area contributed by atoms with Crippen molar-refractivity contribution < 1.29 is 18.0 Å². The third-order valence-electron chi connectivity index (χ3n) is 4.87. The Labute approximate surface area is 193 Å². The summed E-state index contributed by atoms with van der Waals surface area (Å²) in [6.07, 6.45) is 1.02. The average molecular weight is 486 g/mol. The van der Waals surface area contributed by atoms with Crippen molar-refractivity contribution in [1.29, 1.82) is 0 Å². The molecule has 10 heteroatoms. The van der Waals surface area contributed by atoms with E-state index in [0.717, 1.165) is 16.1 Å². The molecule has 0 unspecified atom stereocenters. The van der Waals surface area contributed by atoms with Crippen LogP contribution >= 0.6 is 23.2 Å². The highest BCUT2D eigenvalue weighted by Crippen LogP contribution is 2.28. The summed E-state index contributed by atoms with van der Waals surface area (Å²) in [5.41, 5.74) is 1.59. The monoisotopic (exact) mass is 485 g/mol. The maximum absolute atomic E-state index is 13.3. The van der Waals surface area contributed by atoms with Crippen LogP contribution in [-0.2, 0) is 26.2 Å². The number of anilines is 1. The maximum Gasteiger partial charge on any atom is 0.244 e. The van der Waals surface area contributed by atoms with Gasteiger partial charge in [-0.2, -0.15) is 0 Å². The molecule has 0 heterocycles. The molecule has 0 aromatic heterocycles. The first-order valence-electron chi connectivity index (χ1n) is 9.44. The Kier molecular flexibility index (Phi) is 8.34. The molecule has 168 valence electrons. The molecule has 2 amide bonds. The van der Waals surface area contributed by atoms with Crippen molar-refractivity contribution in [3.63, 3.8) is 0 Å². The van der Waals surface area contributed by atoms with Crippen molar-refractivity contribution in [3.05, 3.63) is 63.6 Å². The standard InChI is InChI=1S/C21H25Cl2N3O4S/c1-14-18(23)6-5-7-19(14)26(31(4,29)30)13-20(27)25(15(2)21(28)24-3)12-16-8-10-17(22)11-9-16/h5-11,15H,12-13H2,1-4H3,(H,24,28)/t15-/m1/s1. The van der Waals surface area contributed by atoms with Gasteiger partial charge in [0, 0.05) is 23.6 Å². The molecule has 0 spiro atoms. The van der Waals surface area contributed by atoms with Crippen molar-refractivity contribution in [2.45, 2.75) is 26.4 Å². The van der Waals surface area contributed by atoms with Gasteiger partial charge in [-0.05, 0) is 49.2 Å². The fraction of sp³-hybridized carbons (Fsp3) is 0.333. The minimum atomic E-state index is -3.81. The van der Waals surface area contributed by atoms with Gasteiger partial charge in [0.15, 0.2) is 0 Å². The number of halogens is 2. The van der Waals surface area contributed by atoms with E-state index in [1.165, 1.54) is 11.9 Å². The van der Waals surface area contributed by atoms with Crippen LogP contribution in [0.1, 0.15) is 18.1 Å². The molecule has 2 aromatic carbocycles. The Bertz CT molecular complexity index is 1060. The summed E-state index contributed by atoms with van der Waals surface area (Å²) in [6, 6.07) is 10.9. The predicted molar refractivity (Wildman–Crippen MR) is 124 cm³/mol. The van der Waals surface area contributed by atoms with Crippen LogP contribution in [0.15, 0.2) is 42.5 Å². The van der Waals surface area contributed by atoms with Crippen LogP contribution in [0.2, 0.25) is 10.0 Å². The largest absolute Gasteiger partial charge is 0.357 e. The minimum Gasteiger partial charge on any atom is -0.357 e. The molecule has 0 fully saturated rings. The van der Waals surface area contributed by atoms with Gasteiger partial charge in [0.25, 0.3) is 0 Å². The molecule has 1 N–H and O–H groups in total. The molecule has 0 aliphatic carbocycles. The first-order valence-corrected chi connectivity index (χ1v) is 12.0. The quantitative estimate of drug-likeness (QED) is 0.621. The van der Waals surface area contributed by atoms with Gasteiger partial charge in [-0.25, -0.2) is 8.42 Å². The lowest BCUT2D eigenvalue weighted by molar-refractivity contribution is -0.139. The number of hydrogen-bond donors (Lipinski definition) is 1. The number of sulfonamides is 1. The van der Waals surface area contributed by atoms with E-state index in [1.807, 2.05) is 0 Å². The average Bonchev–Trinajstić information content (AvgIpc) is 2.71. The summed E-state index contributed by atoms with van der Waals surface area (Å²) in [7, 11) is -2.33. The van der Waals surface area contributed by atoms with Crippen LogP contribution in [0.5, 0.6) is 0 Å². The Hall–Kier alpha value is -2.29. The molecule has 1 atom stereocenters. The highest BCUT2D eigenvalue weighted by atomic mass is 35.5. The first-order chi connectivity index (χ1) is 14.5. The number of carbonyl (C=O) groups excluding carboxylic acids is 2. The van der Waals surface area contributed by atoms with Crippen LogP contribution in [0.25, 0.3) is 0 Å². The zero-order chi connectivity index (χ0) is 23.3. The minimum absolute atomic E-state index is 0.108. The number of nitrogens with zero attached hydrogens (tertiary/aromatic N) is 2. The van der Waals surface area contributed by atoms with E-state index in [1.54, 1.807) is 56.3 Å². The fourth-order valence-electron chi connectivity index (χ4n) is 3.04. The van der Waals surface area contributed by atoms with Crippen molar-refractivity contribution in [3.8, 4) is 0 Å². The summed E-state index contributed by atoms with van der Waals surface area (Å²) in [4.78, 5) is 26.9. The summed E-state index contributed by atoms with van der Waals surface area (Å²) >= 11 is 12.1. The number of nitrogens with one attached hydrogen (secondary N) is 1. The molecule has 0 saturated heterocycles. The number of likely N-dealkylation sites (N-methyl/N-ethyl adjacent to an activating group) is 1. The third kappa shape index (κ3) is 6.35. The summed E-state index contributed by atoms with van der Waals surface area (Å²) < 4.78 is 26.1. The van der Waals surface area contributed by atoms with Gasteiger partial charge in [0.1, 0.15) is 12.6 Å². The molecule has 31 heavy (non-hydrogen) atoms. The van der Waals surface area contributed by atoms with Gasteiger partial charge < -0.3 is 10.2 Å². The van der Waals surface area contributed by atoms with Crippen molar-refractivity contribution in [2.75, 3.05) is 24.2 Å². The predicted octanol–water partition coefficient (Wildman–Crippen LogP) is 3.23. The number of rotatable bonds is 8. The highest BCUT2D eigenvalue weighted by molar-refractivity contribution is 7.92. The second-order valence-electron chi connectivity index (χ2n) is 7.09. The third-order valence-corrected chi connectivity index (χ3v) is 6.65. The molecular formula is C21H25Cl2N3O4S. The van der Waals surface area contributed by atoms with Crippen LogP contribution in [-0.4, -0.2) is 51.0 Å². The van der Waals surface area contributed by atoms with Gasteiger partial charge in [0.05, 0.1) is 11.9 Å². The molecule has 0 bridgehead atoms. The topological polar surface area (TPSA) is 86.8 Å². The second kappa shape index (κ2) is 10.3. The molecule has 7 nitrogen and oxygen atoms in total. The lowest BCUT2D eigenvalue weighted by Gasteiger charge is -2.31. The molecule has 0 aliphatic rings. The first kappa shape index (κ1) is 25.0. The summed E-state index contributed by atoms with van der Waals surface area (Å²) in [5, 5.41) is 3.45. The van der Waals surface area contributed by atoms with Gasteiger partial charge in [-0.15, -0.1) is 0 Å². The van der Waals surface area contributed by atoms with Crippen LogP contribution in [0, 0.1) is 6.92 Å². The van der Waals surface area contributed by atoms with Crippen LogP contribution in [0.4, 0.5) is 5.69 Å². The van der Waals surface area contributed by atoms with Crippen LogP contribution in [0.3, 0.4) is 0 Å². The van der Waals surface area contributed by atoms with E-state index in [2.05, 4.69) is 5.32 Å². The number of benzene rings is 2. The maximum atomic E-state index is 13.3. The molecular weight excluding hydrogens is 461 g/mol. The van der Waals surface area contributed by atoms with E-state index in [9.17, 15) is 18.0 Å². The van der Waals surface area contributed by atoms with E-state index in [4.69, 9.17) is 23.2 Å². The highest BCUT2D eigenvalue weighted by Gasteiger charge is 2.30. The molecule has 0 saturated carbocycles. The van der Waals surface area contributed by atoms with E-state index in [0.29, 0.717) is 21.3 Å². The molecule has 2 rings (SSSR count). The normalized spacial score (nSPS) is 12.2. The fourth-order valence-corrected chi connectivity index (χ4v) is 4.23. The SMILES string of the molecule is CNC(=O)[C@@H](C)N(Cc1ccc(Cl)cc1)C(=O)CN(c1cccc(Cl)c1C)S(C)(=O)=O. The molecule has 2 aromatic rings. The van der Waals surface area contributed by atoms with Crippen molar-refractivity contribution in [1.82, 2.24) is 10.2 Å². The smallest absolute Gasteiger partial charge is 0.244 e. The lowest BCUT2D eigenvalue weighted by atomic mass is 10.1. The number of amides is 2. The van der Waals surface area contributed by atoms with Gasteiger partial charge in [-0.3, -0.25) is 13.9 Å². The van der Waals surface area contributed by atoms with Gasteiger partial charge in [-0.1, -0.05) is 41.4 Å². The zero-order valence-corrected chi connectivity index (χ0v) is 20.1. The van der Waals surface area contributed by atoms with Crippen molar-refractivity contribution in [2.24, 2.45) is 0 Å². The van der Waals surface area contributed by atoms with Crippen LogP contribution < -0.4 is 9.62 Å². The molecule has 0 aliphatic heterocycles. The van der Waals surface area contributed by atoms with Crippen molar-refractivity contribution >= 4 is 50.7 Å². The number of carbonyl (C=O) groups is 2. The van der Waals surface area contributed by atoms with Gasteiger partial charge >= 0.3 is 0 Å². The molecule has 0 radical (unpaired) electrons.